The number of carbonyl (C=O) groups is 1. The van der Waals surface area contributed by atoms with E-state index in [0.29, 0.717) is 23.4 Å². The summed E-state index contributed by atoms with van der Waals surface area (Å²) >= 11 is 0. The summed E-state index contributed by atoms with van der Waals surface area (Å²) in [5.41, 5.74) is 3.35. The zero-order valence-corrected chi connectivity index (χ0v) is 20.1. The second-order valence-electron chi connectivity index (χ2n) is 8.52. The van der Waals surface area contributed by atoms with E-state index in [9.17, 15) is 18.7 Å². The van der Waals surface area contributed by atoms with Gasteiger partial charge in [0.05, 0.1) is 25.7 Å². The molecular formula is C28H32F2N2O3. The molecule has 3 rings (SSSR count). The van der Waals surface area contributed by atoms with E-state index in [-0.39, 0.29) is 25.3 Å². The summed E-state index contributed by atoms with van der Waals surface area (Å²) in [6.45, 7) is 2.82. The number of rotatable bonds is 12. The van der Waals surface area contributed by atoms with Crippen molar-refractivity contribution in [2.24, 2.45) is 0 Å². The Hall–Kier alpha value is -3.29. The summed E-state index contributed by atoms with van der Waals surface area (Å²) in [6.07, 6.45) is 0.0565. The van der Waals surface area contributed by atoms with E-state index in [4.69, 9.17) is 4.74 Å². The van der Waals surface area contributed by atoms with Crippen LogP contribution < -0.4 is 15.4 Å². The molecule has 7 heteroatoms. The van der Waals surface area contributed by atoms with Gasteiger partial charge < -0.3 is 20.5 Å². The average molecular weight is 483 g/mol. The molecule has 0 saturated carbocycles. The summed E-state index contributed by atoms with van der Waals surface area (Å²) in [6, 6.07) is 17.8. The molecule has 5 nitrogen and oxygen atoms in total. The Kier molecular flexibility index (Phi) is 9.76. The number of aliphatic hydroxyl groups is 1. The number of ether oxygens (including phenoxy) is 1. The van der Waals surface area contributed by atoms with Gasteiger partial charge in [-0.25, -0.2) is 8.78 Å². The lowest BCUT2D eigenvalue weighted by atomic mass is 10.00. The van der Waals surface area contributed by atoms with Crippen LogP contribution in [0, 0.1) is 11.6 Å². The highest BCUT2D eigenvalue weighted by atomic mass is 19.1. The fourth-order valence-corrected chi connectivity index (χ4v) is 4.01. The van der Waals surface area contributed by atoms with Crippen LogP contribution in [0.4, 0.5) is 8.78 Å². The van der Waals surface area contributed by atoms with Gasteiger partial charge in [-0.05, 0) is 47.7 Å². The van der Waals surface area contributed by atoms with Gasteiger partial charge in [0, 0.05) is 24.7 Å². The average Bonchev–Trinajstić information content (AvgIpc) is 2.83. The Labute approximate surface area is 205 Å². The summed E-state index contributed by atoms with van der Waals surface area (Å²) in [4.78, 5) is 12.8. The molecule has 0 radical (unpaired) electrons. The molecule has 186 valence electrons. The van der Waals surface area contributed by atoms with E-state index in [2.05, 4.69) is 29.7 Å². The van der Waals surface area contributed by atoms with Gasteiger partial charge in [0.2, 0.25) is 5.91 Å². The number of para-hydroxylation sites is 1. The number of methoxy groups -OCH3 is 1. The first kappa shape index (κ1) is 26.3. The predicted octanol–water partition coefficient (Wildman–Crippen LogP) is 3.96. The number of halogens is 2. The molecule has 3 N–H and O–H groups in total. The van der Waals surface area contributed by atoms with E-state index in [1.807, 2.05) is 24.3 Å². The number of amides is 1. The highest BCUT2D eigenvalue weighted by Crippen LogP contribution is 2.18. The van der Waals surface area contributed by atoms with Crippen molar-refractivity contribution in [2.75, 3.05) is 13.7 Å². The number of hydrogen-bond acceptors (Lipinski definition) is 4. The maximum Gasteiger partial charge on any atom is 0.224 e. The molecule has 1 amide bonds. The molecule has 0 aliphatic rings. The first-order chi connectivity index (χ1) is 16.9. The largest absolute Gasteiger partial charge is 0.496 e. The highest BCUT2D eigenvalue weighted by Gasteiger charge is 2.23. The molecule has 0 spiro atoms. The third-order valence-electron chi connectivity index (χ3n) is 5.81. The molecule has 0 aliphatic carbocycles. The van der Waals surface area contributed by atoms with Crippen molar-refractivity contribution in [3.63, 3.8) is 0 Å². The zero-order valence-electron chi connectivity index (χ0n) is 20.1. The predicted molar refractivity (Wildman–Crippen MR) is 132 cm³/mol. The summed E-state index contributed by atoms with van der Waals surface area (Å²) in [5.74, 6) is -1.15. The van der Waals surface area contributed by atoms with E-state index in [0.717, 1.165) is 18.1 Å². The molecule has 0 saturated heterocycles. The third-order valence-corrected chi connectivity index (χ3v) is 5.81. The lowest BCUT2D eigenvalue weighted by molar-refractivity contribution is -0.122. The molecule has 0 unspecified atom stereocenters. The lowest BCUT2D eigenvalue weighted by Gasteiger charge is -2.25. The number of hydrogen-bond donors (Lipinski definition) is 3. The molecule has 3 aromatic rings. The van der Waals surface area contributed by atoms with Crippen molar-refractivity contribution in [3.05, 3.63) is 101 Å². The van der Waals surface area contributed by atoms with Crippen molar-refractivity contribution in [1.82, 2.24) is 10.6 Å². The topological polar surface area (TPSA) is 70.6 Å². The SMILES string of the molecule is CCc1cccc(CNC[C@H](O)[C@H](Cc2cc(F)cc(F)c2)NC(=O)Cc2ccccc2OC)c1. The first-order valence-electron chi connectivity index (χ1n) is 11.7. The second kappa shape index (κ2) is 13.0. The Bertz CT molecular complexity index is 1100. The standard InChI is InChI=1S/C28H32F2N2O3/c1-3-19-7-6-8-20(11-19)17-31-18-26(33)25(14-21-12-23(29)16-24(30)13-21)32-28(34)15-22-9-4-5-10-27(22)35-2/h4-13,16,25-26,31,33H,3,14-15,17-18H2,1-2H3,(H,32,34)/t25-,26-/m0/s1. The number of aryl methyl sites for hydroxylation is 1. The van der Waals surface area contributed by atoms with E-state index < -0.39 is 23.8 Å². The maximum absolute atomic E-state index is 13.7. The Morgan fingerprint density at radius 3 is 2.40 bits per heavy atom. The molecule has 0 fully saturated rings. The van der Waals surface area contributed by atoms with Crippen LogP contribution in [-0.2, 0) is 30.6 Å². The smallest absolute Gasteiger partial charge is 0.224 e. The maximum atomic E-state index is 13.7. The quantitative estimate of drug-likeness (QED) is 0.366. The van der Waals surface area contributed by atoms with Gasteiger partial charge >= 0.3 is 0 Å². The van der Waals surface area contributed by atoms with Crippen LogP contribution in [0.1, 0.15) is 29.2 Å². The van der Waals surface area contributed by atoms with Crippen molar-refractivity contribution < 1.29 is 23.4 Å². The summed E-state index contributed by atoms with van der Waals surface area (Å²) < 4.78 is 32.8. The highest BCUT2D eigenvalue weighted by molar-refractivity contribution is 5.79. The monoisotopic (exact) mass is 482 g/mol. The summed E-state index contributed by atoms with van der Waals surface area (Å²) in [7, 11) is 1.53. The van der Waals surface area contributed by atoms with Gasteiger partial charge in [0.15, 0.2) is 0 Å². The van der Waals surface area contributed by atoms with Crippen LogP contribution in [0.25, 0.3) is 0 Å². The van der Waals surface area contributed by atoms with Gasteiger partial charge in [0.25, 0.3) is 0 Å². The second-order valence-corrected chi connectivity index (χ2v) is 8.52. The number of benzene rings is 3. The fourth-order valence-electron chi connectivity index (χ4n) is 4.01. The number of nitrogens with one attached hydrogen (secondary N) is 2. The molecule has 0 aromatic heterocycles. The minimum absolute atomic E-state index is 0.0436. The van der Waals surface area contributed by atoms with Crippen molar-refractivity contribution in [1.29, 1.82) is 0 Å². The van der Waals surface area contributed by atoms with Crippen molar-refractivity contribution in [3.8, 4) is 5.75 Å². The molecule has 0 bridgehead atoms. The fraction of sp³-hybridized carbons (Fsp3) is 0.321. The van der Waals surface area contributed by atoms with Crippen LogP contribution in [0.15, 0.2) is 66.7 Å². The number of aliphatic hydroxyl groups excluding tert-OH is 1. The molecular weight excluding hydrogens is 450 g/mol. The van der Waals surface area contributed by atoms with Gasteiger partial charge in [-0.2, -0.15) is 0 Å². The zero-order chi connectivity index (χ0) is 25.2. The molecule has 35 heavy (non-hydrogen) atoms. The molecule has 2 atom stereocenters. The van der Waals surface area contributed by atoms with Gasteiger partial charge in [-0.15, -0.1) is 0 Å². The minimum Gasteiger partial charge on any atom is -0.496 e. The first-order valence-corrected chi connectivity index (χ1v) is 11.7. The number of carbonyl (C=O) groups excluding carboxylic acids is 1. The minimum atomic E-state index is -0.989. The van der Waals surface area contributed by atoms with Gasteiger partial charge in [-0.1, -0.05) is 49.4 Å². The van der Waals surface area contributed by atoms with E-state index in [1.165, 1.54) is 24.8 Å². The Balaban J connectivity index is 1.68. The van der Waals surface area contributed by atoms with Gasteiger partial charge in [-0.3, -0.25) is 4.79 Å². The van der Waals surface area contributed by atoms with Crippen LogP contribution >= 0.6 is 0 Å². The van der Waals surface area contributed by atoms with Crippen LogP contribution in [0.5, 0.6) is 5.75 Å². The van der Waals surface area contributed by atoms with Crippen molar-refractivity contribution >= 4 is 5.91 Å². The Morgan fingerprint density at radius 1 is 0.971 bits per heavy atom. The van der Waals surface area contributed by atoms with Gasteiger partial charge in [0.1, 0.15) is 17.4 Å². The van der Waals surface area contributed by atoms with Crippen LogP contribution in [0.2, 0.25) is 0 Å². The molecule has 0 heterocycles. The third kappa shape index (κ3) is 8.16. The van der Waals surface area contributed by atoms with E-state index in [1.54, 1.807) is 12.1 Å². The van der Waals surface area contributed by atoms with Crippen molar-refractivity contribution in [2.45, 2.75) is 44.9 Å². The van der Waals surface area contributed by atoms with Crippen LogP contribution in [0.3, 0.4) is 0 Å². The lowest BCUT2D eigenvalue weighted by Crippen LogP contribution is -2.49. The summed E-state index contributed by atoms with van der Waals surface area (Å²) in [5, 5.41) is 17.0. The Morgan fingerprint density at radius 2 is 1.69 bits per heavy atom. The molecule has 3 aromatic carbocycles. The van der Waals surface area contributed by atoms with E-state index >= 15 is 0 Å². The molecule has 0 aliphatic heterocycles. The normalized spacial score (nSPS) is 12.7. The van der Waals surface area contributed by atoms with Crippen LogP contribution in [-0.4, -0.2) is 36.8 Å².